The summed E-state index contributed by atoms with van der Waals surface area (Å²) in [7, 11) is 0. The fourth-order valence-corrected chi connectivity index (χ4v) is 1.89. The third kappa shape index (κ3) is 3.06. The lowest BCUT2D eigenvalue weighted by atomic mass is 10.1. The number of hydrogen-bond acceptors (Lipinski definition) is 3. The smallest absolute Gasteiger partial charge is 0.144 e. The molecule has 2 rings (SSSR count). The molecule has 0 aliphatic heterocycles. The molecule has 0 saturated carbocycles. The van der Waals surface area contributed by atoms with Crippen molar-refractivity contribution in [1.82, 2.24) is 9.97 Å². The molecule has 1 heterocycles. The molecule has 2 aromatic rings. The zero-order valence-electron chi connectivity index (χ0n) is 10.3. The first-order chi connectivity index (χ1) is 8.70. The molecule has 0 aliphatic rings. The highest BCUT2D eigenvalue weighted by Gasteiger charge is 2.08. The second-order valence-corrected chi connectivity index (χ2v) is 4.67. The van der Waals surface area contributed by atoms with E-state index in [4.69, 9.17) is 17.3 Å². The van der Waals surface area contributed by atoms with Gasteiger partial charge in [-0.15, -0.1) is 0 Å². The van der Waals surface area contributed by atoms with Crippen LogP contribution in [0.3, 0.4) is 0 Å². The van der Waals surface area contributed by atoms with Gasteiger partial charge in [-0.3, -0.25) is 0 Å². The van der Waals surface area contributed by atoms with Gasteiger partial charge < -0.3 is 5.73 Å². The Morgan fingerprint density at radius 3 is 2.28 bits per heavy atom. The molecule has 3 nitrogen and oxygen atoms in total. The average Bonchev–Trinajstić information content (AvgIpc) is 2.40. The van der Waals surface area contributed by atoms with Crippen molar-refractivity contribution in [2.24, 2.45) is 5.73 Å². The number of rotatable bonds is 4. The van der Waals surface area contributed by atoms with Crippen LogP contribution in [0.2, 0.25) is 5.02 Å². The normalized spacial score (nSPS) is 12.4. The van der Waals surface area contributed by atoms with E-state index >= 15 is 0 Å². The molecule has 0 aliphatic carbocycles. The minimum Gasteiger partial charge on any atom is -0.321 e. The van der Waals surface area contributed by atoms with E-state index in [1.807, 2.05) is 24.3 Å². The third-order valence-electron chi connectivity index (χ3n) is 2.78. The summed E-state index contributed by atoms with van der Waals surface area (Å²) < 4.78 is 0. The zero-order valence-corrected chi connectivity index (χ0v) is 11.1. The van der Waals surface area contributed by atoms with E-state index in [1.54, 1.807) is 12.4 Å². The largest absolute Gasteiger partial charge is 0.321 e. The maximum absolute atomic E-state index is 5.97. The summed E-state index contributed by atoms with van der Waals surface area (Å²) in [5.41, 5.74) is 7.99. The Kier molecular flexibility index (Phi) is 4.28. The van der Waals surface area contributed by atoms with Gasteiger partial charge in [0.2, 0.25) is 0 Å². The van der Waals surface area contributed by atoms with Gasteiger partial charge in [0, 0.05) is 23.0 Å². The molecule has 0 fully saturated rings. The maximum Gasteiger partial charge on any atom is 0.144 e. The first-order valence-corrected chi connectivity index (χ1v) is 6.42. The van der Waals surface area contributed by atoms with E-state index in [0.29, 0.717) is 5.82 Å². The SMILES string of the molecule is CCCC(N)c1ncc(-c2ccc(Cl)cc2)cn1. The topological polar surface area (TPSA) is 51.8 Å². The fraction of sp³-hybridized carbons (Fsp3) is 0.286. The molecule has 0 saturated heterocycles. The number of aromatic nitrogens is 2. The summed E-state index contributed by atoms with van der Waals surface area (Å²) in [5, 5.41) is 0.723. The lowest BCUT2D eigenvalue weighted by molar-refractivity contribution is 0.602. The number of hydrogen-bond donors (Lipinski definition) is 1. The Morgan fingerprint density at radius 2 is 1.72 bits per heavy atom. The molecule has 4 heteroatoms. The predicted molar refractivity (Wildman–Crippen MR) is 74.3 cm³/mol. The van der Waals surface area contributed by atoms with Gasteiger partial charge in [-0.25, -0.2) is 9.97 Å². The van der Waals surface area contributed by atoms with Crippen molar-refractivity contribution >= 4 is 11.6 Å². The third-order valence-corrected chi connectivity index (χ3v) is 3.03. The van der Waals surface area contributed by atoms with Gasteiger partial charge in [0.15, 0.2) is 0 Å². The molecule has 94 valence electrons. The Bertz CT molecular complexity index is 493. The number of nitrogens with two attached hydrogens (primary N) is 1. The highest BCUT2D eigenvalue weighted by atomic mass is 35.5. The summed E-state index contributed by atoms with van der Waals surface area (Å²) in [5.74, 6) is 0.703. The van der Waals surface area contributed by atoms with Gasteiger partial charge in [0.05, 0.1) is 6.04 Å². The second kappa shape index (κ2) is 5.94. The summed E-state index contributed by atoms with van der Waals surface area (Å²) in [4.78, 5) is 8.65. The first-order valence-electron chi connectivity index (χ1n) is 6.04. The van der Waals surface area contributed by atoms with Crippen molar-refractivity contribution in [2.75, 3.05) is 0 Å². The standard InChI is InChI=1S/C14H16ClN3/c1-2-3-13(16)14-17-8-11(9-18-14)10-4-6-12(15)7-5-10/h4-9,13H,2-3,16H2,1H3. The number of nitrogens with zero attached hydrogens (tertiary/aromatic N) is 2. The van der Waals surface area contributed by atoms with E-state index in [-0.39, 0.29) is 6.04 Å². The van der Waals surface area contributed by atoms with Crippen LogP contribution in [0.25, 0.3) is 11.1 Å². The van der Waals surface area contributed by atoms with E-state index in [1.165, 1.54) is 0 Å². The van der Waals surface area contributed by atoms with Gasteiger partial charge in [-0.1, -0.05) is 37.1 Å². The molecule has 0 bridgehead atoms. The van der Waals surface area contributed by atoms with Crippen molar-refractivity contribution in [3.63, 3.8) is 0 Å². The summed E-state index contributed by atoms with van der Waals surface area (Å²) in [6.45, 7) is 2.10. The number of halogens is 1. The lowest BCUT2D eigenvalue weighted by Crippen LogP contribution is -2.13. The minimum atomic E-state index is -0.0748. The van der Waals surface area contributed by atoms with Crippen LogP contribution in [0.1, 0.15) is 31.6 Å². The molecule has 2 N–H and O–H groups in total. The molecular weight excluding hydrogens is 246 g/mol. The van der Waals surface area contributed by atoms with Gasteiger partial charge >= 0.3 is 0 Å². The van der Waals surface area contributed by atoms with E-state index in [2.05, 4.69) is 16.9 Å². The molecule has 1 aromatic carbocycles. The molecule has 18 heavy (non-hydrogen) atoms. The fourth-order valence-electron chi connectivity index (χ4n) is 1.76. The van der Waals surface area contributed by atoms with Crippen molar-refractivity contribution in [3.8, 4) is 11.1 Å². The maximum atomic E-state index is 5.97. The average molecular weight is 262 g/mol. The summed E-state index contributed by atoms with van der Waals surface area (Å²) in [6.07, 6.45) is 5.55. The Hall–Kier alpha value is -1.45. The quantitative estimate of drug-likeness (QED) is 0.915. The molecule has 1 unspecified atom stereocenters. The second-order valence-electron chi connectivity index (χ2n) is 4.23. The van der Waals surface area contributed by atoms with Crippen molar-refractivity contribution in [2.45, 2.75) is 25.8 Å². The minimum absolute atomic E-state index is 0.0748. The summed E-state index contributed by atoms with van der Waals surface area (Å²) >= 11 is 5.85. The van der Waals surface area contributed by atoms with Crippen molar-refractivity contribution < 1.29 is 0 Å². The van der Waals surface area contributed by atoms with Crippen molar-refractivity contribution in [1.29, 1.82) is 0 Å². The summed E-state index contributed by atoms with van der Waals surface area (Å²) in [6, 6.07) is 7.54. The molecule has 1 atom stereocenters. The van der Waals surface area contributed by atoms with Crippen LogP contribution in [-0.4, -0.2) is 9.97 Å². The zero-order chi connectivity index (χ0) is 13.0. The van der Waals surface area contributed by atoms with Crippen LogP contribution in [-0.2, 0) is 0 Å². The Balaban J connectivity index is 2.19. The number of benzene rings is 1. The van der Waals surface area contributed by atoms with Gasteiger partial charge in [-0.2, -0.15) is 0 Å². The van der Waals surface area contributed by atoms with E-state index in [9.17, 15) is 0 Å². The lowest BCUT2D eigenvalue weighted by Gasteiger charge is -2.09. The van der Waals surface area contributed by atoms with Crippen LogP contribution >= 0.6 is 11.6 Å². The molecule has 0 spiro atoms. The van der Waals surface area contributed by atoms with E-state index in [0.717, 1.165) is 29.0 Å². The molecular formula is C14H16ClN3. The van der Waals surface area contributed by atoms with Gasteiger partial charge in [0.1, 0.15) is 5.82 Å². The predicted octanol–water partition coefficient (Wildman–Crippen LogP) is 3.60. The van der Waals surface area contributed by atoms with Gasteiger partial charge in [-0.05, 0) is 24.1 Å². The Morgan fingerprint density at radius 1 is 1.11 bits per heavy atom. The van der Waals surface area contributed by atoms with Crippen LogP contribution in [0.15, 0.2) is 36.7 Å². The molecule has 0 radical (unpaired) electrons. The van der Waals surface area contributed by atoms with E-state index < -0.39 is 0 Å². The van der Waals surface area contributed by atoms with Crippen LogP contribution in [0, 0.1) is 0 Å². The highest BCUT2D eigenvalue weighted by molar-refractivity contribution is 6.30. The van der Waals surface area contributed by atoms with Crippen molar-refractivity contribution in [3.05, 3.63) is 47.5 Å². The van der Waals surface area contributed by atoms with Gasteiger partial charge in [0.25, 0.3) is 0 Å². The molecule has 0 amide bonds. The highest BCUT2D eigenvalue weighted by Crippen LogP contribution is 2.21. The first kappa shape index (κ1) is 13.0. The van der Waals surface area contributed by atoms with Crippen LogP contribution in [0.5, 0.6) is 0 Å². The van der Waals surface area contributed by atoms with Crippen LogP contribution in [0.4, 0.5) is 0 Å². The van der Waals surface area contributed by atoms with Crippen LogP contribution < -0.4 is 5.73 Å². The monoisotopic (exact) mass is 261 g/mol. The molecule has 1 aromatic heterocycles. The Labute approximate surface area is 112 Å².